The van der Waals surface area contributed by atoms with Gasteiger partial charge in [-0.1, -0.05) is 22.9 Å². The summed E-state index contributed by atoms with van der Waals surface area (Å²) >= 11 is 0. The Balaban J connectivity index is 1.82. The van der Waals surface area contributed by atoms with E-state index in [1.54, 1.807) is 32.0 Å². The summed E-state index contributed by atoms with van der Waals surface area (Å²) in [6.07, 6.45) is -4.67. The van der Waals surface area contributed by atoms with Crippen LogP contribution < -0.4 is 20.9 Å². The van der Waals surface area contributed by atoms with Crippen LogP contribution in [0.3, 0.4) is 0 Å². The van der Waals surface area contributed by atoms with Crippen LogP contribution in [0.5, 0.6) is 5.75 Å². The largest absolute Gasteiger partial charge is 0.462 e. The fourth-order valence-corrected chi connectivity index (χ4v) is 5.02. The first kappa shape index (κ1) is 28.5. The molecule has 2 aromatic rings. The number of alkyl halides is 1. The highest BCUT2D eigenvalue weighted by molar-refractivity contribution is 7.52. The zero-order valence-corrected chi connectivity index (χ0v) is 21.4. The third-order valence-corrected chi connectivity index (χ3v) is 7.04. The first-order valence-corrected chi connectivity index (χ1v) is 12.8. The molecule has 0 radical (unpaired) electrons. The second-order valence-corrected chi connectivity index (χ2v) is 10.5. The number of para-hydroxylation sites is 1. The fraction of sp³-hybridized carbons (Fsp3) is 0.500. The van der Waals surface area contributed by atoms with Gasteiger partial charge in [0.05, 0.1) is 12.7 Å². The lowest BCUT2D eigenvalue weighted by Crippen LogP contribution is -2.46. The highest BCUT2D eigenvalue weighted by atomic mass is 31.2. The first-order chi connectivity index (χ1) is 17.2. The van der Waals surface area contributed by atoms with Crippen LogP contribution in [0.1, 0.15) is 33.9 Å². The number of hydrogen-bond donors (Lipinski definition) is 3. The average Bonchev–Trinajstić information content (AvgIpc) is 3.05. The molecule has 0 amide bonds. The van der Waals surface area contributed by atoms with E-state index in [0.29, 0.717) is 4.57 Å². The lowest BCUT2D eigenvalue weighted by Gasteiger charge is -2.25. The van der Waals surface area contributed by atoms with Crippen molar-refractivity contribution in [1.29, 1.82) is 0 Å². The number of aromatic nitrogens is 2. The van der Waals surface area contributed by atoms with Crippen molar-refractivity contribution in [2.75, 3.05) is 6.61 Å². The normalized spacial score (nSPS) is 26.0. The minimum atomic E-state index is -4.35. The molecule has 2 heterocycles. The number of carbonyl (C=O) groups excluding carboxylic acids is 1. The molecule has 204 valence electrons. The zero-order chi connectivity index (χ0) is 27.5. The van der Waals surface area contributed by atoms with E-state index in [9.17, 15) is 29.3 Å². The van der Waals surface area contributed by atoms with Gasteiger partial charge in [0.1, 0.15) is 24.0 Å². The zero-order valence-electron chi connectivity index (χ0n) is 20.5. The maximum atomic E-state index is 15.5. The van der Waals surface area contributed by atoms with Crippen LogP contribution in [0.25, 0.3) is 0 Å². The first-order valence-electron chi connectivity index (χ1n) is 11.3. The molecule has 6 unspecified atom stereocenters. The van der Waals surface area contributed by atoms with Gasteiger partial charge in [-0.2, -0.15) is 5.09 Å². The van der Waals surface area contributed by atoms with Crippen molar-refractivity contribution in [3.8, 4) is 5.75 Å². The predicted molar refractivity (Wildman–Crippen MR) is 126 cm³/mol. The molecular formula is C22H29FN3O10P. The summed E-state index contributed by atoms with van der Waals surface area (Å²) in [7, 11) is -4.35. The minimum absolute atomic E-state index is 0.126. The smallest absolute Gasteiger partial charge is 0.459 e. The molecule has 1 aromatic carbocycles. The van der Waals surface area contributed by atoms with Crippen molar-refractivity contribution in [2.45, 2.75) is 63.9 Å². The quantitative estimate of drug-likeness (QED) is 0.224. The number of ether oxygens (including phenoxy) is 2. The Kier molecular flexibility index (Phi) is 8.60. The molecule has 3 rings (SSSR count). The molecule has 1 aliphatic rings. The van der Waals surface area contributed by atoms with E-state index >= 15 is 4.39 Å². The van der Waals surface area contributed by atoms with E-state index in [-0.39, 0.29) is 10.5 Å². The van der Waals surface area contributed by atoms with Crippen molar-refractivity contribution in [1.82, 2.24) is 14.4 Å². The summed E-state index contributed by atoms with van der Waals surface area (Å²) < 4.78 is 50.9. The lowest BCUT2D eigenvalue weighted by atomic mass is 9.98. The van der Waals surface area contributed by atoms with Gasteiger partial charge in [0.15, 0.2) is 11.9 Å². The van der Waals surface area contributed by atoms with Crippen molar-refractivity contribution in [2.24, 2.45) is 0 Å². The average molecular weight is 545 g/mol. The second-order valence-electron chi connectivity index (χ2n) is 8.81. The summed E-state index contributed by atoms with van der Waals surface area (Å²) in [5.41, 5.74) is -4.94. The van der Waals surface area contributed by atoms with E-state index in [4.69, 9.17) is 18.5 Å². The van der Waals surface area contributed by atoms with Gasteiger partial charge < -0.3 is 24.3 Å². The van der Waals surface area contributed by atoms with E-state index in [1.807, 2.05) is 0 Å². The van der Waals surface area contributed by atoms with E-state index in [2.05, 4.69) is 5.09 Å². The van der Waals surface area contributed by atoms with Gasteiger partial charge in [-0.05, 0) is 39.8 Å². The van der Waals surface area contributed by atoms with Crippen molar-refractivity contribution in [3.63, 3.8) is 0 Å². The molecule has 3 N–H and O–H groups in total. The molecule has 1 aliphatic heterocycles. The number of benzene rings is 1. The van der Waals surface area contributed by atoms with Crippen LogP contribution in [0.2, 0.25) is 0 Å². The second kappa shape index (κ2) is 11.2. The molecule has 1 saturated heterocycles. The van der Waals surface area contributed by atoms with E-state index in [1.165, 1.54) is 19.1 Å². The summed E-state index contributed by atoms with van der Waals surface area (Å²) in [6.45, 7) is 4.90. The third kappa shape index (κ3) is 6.46. The van der Waals surface area contributed by atoms with Crippen molar-refractivity contribution < 1.29 is 42.6 Å². The summed E-state index contributed by atoms with van der Waals surface area (Å²) in [5.74, 6) is -0.608. The summed E-state index contributed by atoms with van der Waals surface area (Å²) in [4.78, 5) is 36.0. The molecule has 1 aromatic heterocycles. The van der Waals surface area contributed by atoms with Gasteiger partial charge in [0.2, 0.25) is 0 Å². The lowest BCUT2D eigenvalue weighted by molar-refractivity contribution is -0.149. The monoisotopic (exact) mass is 545 g/mol. The summed E-state index contributed by atoms with van der Waals surface area (Å²) in [6, 6.07) is 7.54. The van der Waals surface area contributed by atoms with Crippen LogP contribution in [-0.4, -0.2) is 62.2 Å². The van der Waals surface area contributed by atoms with Crippen LogP contribution in [0.15, 0.2) is 52.2 Å². The molecule has 13 nitrogen and oxygen atoms in total. The molecule has 1 fully saturated rings. The molecule has 6 atom stereocenters. The number of nitrogens with one attached hydrogen (secondary N) is 1. The van der Waals surface area contributed by atoms with Gasteiger partial charge in [-0.3, -0.25) is 18.7 Å². The van der Waals surface area contributed by atoms with Crippen molar-refractivity contribution in [3.05, 3.63) is 63.4 Å². The minimum Gasteiger partial charge on any atom is -0.462 e. The number of aliphatic hydroxyl groups excluding tert-OH is 1. The molecule has 0 aliphatic carbocycles. The van der Waals surface area contributed by atoms with Gasteiger partial charge in [-0.15, -0.1) is 0 Å². The highest BCUT2D eigenvalue weighted by Gasteiger charge is 2.56. The van der Waals surface area contributed by atoms with Gasteiger partial charge in [0.25, 0.3) is 5.56 Å². The number of hydrogen-bond acceptors (Lipinski definition) is 10. The molecule has 0 spiro atoms. The molecule has 0 saturated carbocycles. The number of nitrogens with zero attached hydrogens (tertiary/aromatic N) is 2. The Bertz CT molecular complexity index is 1270. The predicted octanol–water partition coefficient (Wildman–Crippen LogP) is 1.37. The van der Waals surface area contributed by atoms with Crippen molar-refractivity contribution >= 4 is 13.7 Å². The number of rotatable bonds is 10. The Morgan fingerprint density at radius 1 is 1.24 bits per heavy atom. The standard InChI is InChI=1S/C22H29FN3O10P/c1-13(2)34-19(29)14(3)24-37(32,36-15-8-6-5-7-9-15)33-12-16-18(28)22(4,23)20(35-16)25-11-10-17(27)26(31)21(25)30/h5-11,13-14,16,18,20,28,31H,12H2,1-4H3,(H,24,32). The van der Waals surface area contributed by atoms with Crippen LogP contribution in [-0.2, 0) is 23.4 Å². The topological polar surface area (TPSA) is 168 Å². The Labute approximate surface area is 210 Å². The van der Waals surface area contributed by atoms with E-state index in [0.717, 1.165) is 19.2 Å². The number of carbonyl (C=O) groups is 1. The third-order valence-electron chi connectivity index (χ3n) is 5.39. The van der Waals surface area contributed by atoms with Crippen LogP contribution in [0.4, 0.5) is 4.39 Å². The highest BCUT2D eigenvalue weighted by Crippen LogP contribution is 2.47. The van der Waals surface area contributed by atoms with Gasteiger partial charge in [-0.25, -0.2) is 13.8 Å². The van der Waals surface area contributed by atoms with Crippen LogP contribution in [0, 0.1) is 0 Å². The number of halogens is 1. The number of aliphatic hydroxyl groups is 1. The van der Waals surface area contributed by atoms with Crippen LogP contribution >= 0.6 is 7.75 Å². The van der Waals surface area contributed by atoms with Gasteiger partial charge >= 0.3 is 19.4 Å². The summed E-state index contributed by atoms with van der Waals surface area (Å²) in [5, 5.41) is 22.6. The number of esters is 1. The molecule has 37 heavy (non-hydrogen) atoms. The Morgan fingerprint density at radius 3 is 2.51 bits per heavy atom. The van der Waals surface area contributed by atoms with E-state index < -0.39 is 67.8 Å². The molecule has 15 heteroatoms. The molecule has 0 bridgehead atoms. The SMILES string of the molecule is CC(C)OC(=O)C(C)NP(=O)(OCC1OC(n2ccc(=O)n(O)c2=O)C(C)(F)C1O)Oc1ccccc1. The molecular weight excluding hydrogens is 516 g/mol. The Hall–Kier alpha value is -3.03. The van der Waals surface area contributed by atoms with Gasteiger partial charge in [0, 0.05) is 12.3 Å². The maximum Gasteiger partial charge on any atom is 0.459 e. The maximum absolute atomic E-state index is 15.5. The Morgan fingerprint density at radius 2 is 1.89 bits per heavy atom. The fourth-order valence-electron chi connectivity index (χ4n) is 3.52.